The topological polar surface area (TPSA) is 0 Å². The van der Waals surface area contributed by atoms with Gasteiger partial charge in [0, 0.05) is 33.5 Å². The van der Waals surface area contributed by atoms with Crippen molar-refractivity contribution in [1.82, 2.24) is 0 Å². The molecular formula is C10H18S8. The molecule has 2 saturated heterocycles. The number of thiol groups is 4. The van der Waals surface area contributed by atoms with Gasteiger partial charge in [-0.3, -0.25) is 0 Å². The lowest BCUT2D eigenvalue weighted by atomic mass is 10.2. The predicted molar refractivity (Wildman–Crippen MR) is 108 cm³/mol. The Morgan fingerprint density at radius 3 is 1.44 bits per heavy atom. The van der Waals surface area contributed by atoms with E-state index in [0.29, 0.717) is 0 Å². The Bertz CT molecular complexity index is 243. The molecule has 2 aliphatic heterocycles. The number of rotatable bonds is 9. The molecule has 106 valence electrons. The molecule has 8 heteroatoms. The molecule has 2 rings (SSSR count). The molecule has 0 amide bonds. The summed E-state index contributed by atoms with van der Waals surface area (Å²) in [6.45, 7) is 0. The lowest BCUT2D eigenvalue weighted by Crippen LogP contribution is -2.20. The molecule has 2 fully saturated rings. The van der Waals surface area contributed by atoms with E-state index in [1.54, 1.807) is 0 Å². The summed E-state index contributed by atoms with van der Waals surface area (Å²) in [6, 6.07) is 0. The zero-order chi connectivity index (χ0) is 13.2. The molecule has 0 bridgehead atoms. The fourth-order valence-corrected chi connectivity index (χ4v) is 8.49. The van der Waals surface area contributed by atoms with Gasteiger partial charge >= 0.3 is 0 Å². The Kier molecular flexibility index (Phi) is 7.03. The van der Waals surface area contributed by atoms with E-state index in [-0.39, 0.29) is 8.16 Å². The third-order valence-electron chi connectivity index (χ3n) is 2.58. The first-order chi connectivity index (χ1) is 8.36. The Balaban J connectivity index is 1.56. The van der Waals surface area contributed by atoms with Crippen molar-refractivity contribution in [2.75, 3.05) is 23.0 Å². The average Bonchev–Trinajstić information content (AvgIpc) is 3.09. The maximum Gasteiger partial charge on any atom is 0.0661 e. The lowest BCUT2D eigenvalue weighted by molar-refractivity contribution is 0.818. The SMILES string of the molecule is SC(S)(CSSCC(S)(S)CC1CS1)CC1CS1. The minimum Gasteiger partial charge on any atom is -0.161 e. The molecule has 0 spiro atoms. The van der Waals surface area contributed by atoms with Crippen LogP contribution in [0.4, 0.5) is 0 Å². The first-order valence-electron chi connectivity index (χ1n) is 5.73. The Labute approximate surface area is 149 Å². The van der Waals surface area contributed by atoms with Crippen LogP contribution in [0.3, 0.4) is 0 Å². The monoisotopic (exact) mass is 394 g/mol. The molecule has 0 N–H and O–H groups in total. The van der Waals surface area contributed by atoms with Gasteiger partial charge in [0.15, 0.2) is 0 Å². The summed E-state index contributed by atoms with van der Waals surface area (Å²) in [5, 5.41) is 1.60. The first kappa shape index (κ1) is 17.2. The van der Waals surface area contributed by atoms with Crippen molar-refractivity contribution in [3.63, 3.8) is 0 Å². The molecule has 0 aromatic carbocycles. The van der Waals surface area contributed by atoms with Gasteiger partial charge in [0.05, 0.1) is 8.16 Å². The fraction of sp³-hybridized carbons (Fsp3) is 1.00. The summed E-state index contributed by atoms with van der Waals surface area (Å²) in [5.74, 6) is 4.51. The van der Waals surface area contributed by atoms with Crippen molar-refractivity contribution >= 4 is 95.6 Å². The van der Waals surface area contributed by atoms with Gasteiger partial charge < -0.3 is 0 Å². The molecule has 2 atom stereocenters. The quantitative estimate of drug-likeness (QED) is 0.149. The van der Waals surface area contributed by atoms with Crippen LogP contribution in [0.15, 0.2) is 0 Å². The average molecular weight is 395 g/mol. The highest BCUT2D eigenvalue weighted by molar-refractivity contribution is 8.77. The Hall–Kier alpha value is 2.80. The number of hydrogen-bond donors (Lipinski definition) is 4. The molecular weight excluding hydrogens is 377 g/mol. The van der Waals surface area contributed by atoms with E-state index >= 15 is 0 Å². The second-order valence-corrected chi connectivity index (χ2v) is 14.1. The van der Waals surface area contributed by atoms with E-state index in [4.69, 9.17) is 0 Å². The second kappa shape index (κ2) is 7.38. The van der Waals surface area contributed by atoms with Gasteiger partial charge in [0.2, 0.25) is 0 Å². The zero-order valence-electron chi connectivity index (χ0n) is 9.82. The van der Waals surface area contributed by atoms with Gasteiger partial charge in [-0.1, -0.05) is 21.6 Å². The van der Waals surface area contributed by atoms with Crippen molar-refractivity contribution in [1.29, 1.82) is 0 Å². The van der Waals surface area contributed by atoms with Crippen LogP contribution in [0.5, 0.6) is 0 Å². The first-order valence-corrected chi connectivity index (χ1v) is 12.1. The van der Waals surface area contributed by atoms with Gasteiger partial charge in [0.25, 0.3) is 0 Å². The molecule has 0 aromatic heterocycles. The molecule has 0 saturated carbocycles. The summed E-state index contributed by atoms with van der Waals surface area (Å²) >= 11 is 22.6. The van der Waals surface area contributed by atoms with Crippen LogP contribution < -0.4 is 0 Å². The van der Waals surface area contributed by atoms with Gasteiger partial charge in [-0.2, -0.15) is 74.0 Å². The van der Waals surface area contributed by atoms with E-state index in [0.717, 1.165) is 34.8 Å². The van der Waals surface area contributed by atoms with Crippen molar-refractivity contribution in [2.45, 2.75) is 31.5 Å². The molecule has 2 unspecified atom stereocenters. The second-order valence-electron chi connectivity index (χ2n) is 4.81. The smallest absolute Gasteiger partial charge is 0.0661 e. The van der Waals surface area contributed by atoms with Crippen LogP contribution in [-0.4, -0.2) is 41.7 Å². The molecule has 2 aliphatic rings. The van der Waals surface area contributed by atoms with Gasteiger partial charge in [0.1, 0.15) is 0 Å². The zero-order valence-corrected chi connectivity index (χ0v) is 16.7. The van der Waals surface area contributed by atoms with Crippen LogP contribution >= 0.6 is 95.6 Å². The third-order valence-corrected chi connectivity index (χ3v) is 9.33. The standard InChI is InChI=1S/C10H18S8/c11-9(12,1-7-3-15-7)5-17-18-6-10(13,14)2-8-4-16-8/h7-8,11-14H,1-6H2. The minimum absolute atomic E-state index is 0.131. The highest BCUT2D eigenvalue weighted by atomic mass is 33.1. The van der Waals surface area contributed by atoms with Crippen LogP contribution in [0.25, 0.3) is 0 Å². The van der Waals surface area contributed by atoms with E-state index in [1.165, 1.54) is 11.5 Å². The van der Waals surface area contributed by atoms with Crippen molar-refractivity contribution in [3.05, 3.63) is 0 Å². The van der Waals surface area contributed by atoms with Crippen LogP contribution in [-0.2, 0) is 0 Å². The fourth-order valence-electron chi connectivity index (χ4n) is 1.49. The van der Waals surface area contributed by atoms with Crippen LogP contribution in [0, 0.1) is 0 Å². The van der Waals surface area contributed by atoms with Crippen molar-refractivity contribution in [2.24, 2.45) is 0 Å². The summed E-state index contributed by atoms with van der Waals surface area (Å²) in [6.07, 6.45) is 2.20. The minimum atomic E-state index is -0.131. The van der Waals surface area contributed by atoms with Crippen molar-refractivity contribution < 1.29 is 0 Å². The van der Waals surface area contributed by atoms with E-state index in [1.807, 2.05) is 45.1 Å². The van der Waals surface area contributed by atoms with Gasteiger partial charge in [-0.15, -0.1) is 0 Å². The van der Waals surface area contributed by atoms with Gasteiger partial charge in [-0.25, -0.2) is 0 Å². The van der Waals surface area contributed by atoms with Crippen molar-refractivity contribution in [3.8, 4) is 0 Å². The van der Waals surface area contributed by atoms with E-state index < -0.39 is 0 Å². The largest absolute Gasteiger partial charge is 0.161 e. The van der Waals surface area contributed by atoms with Gasteiger partial charge in [-0.05, 0) is 12.8 Å². The maximum atomic E-state index is 4.65. The van der Waals surface area contributed by atoms with E-state index in [9.17, 15) is 0 Å². The number of hydrogen-bond acceptors (Lipinski definition) is 8. The summed E-state index contributed by atoms with van der Waals surface area (Å²) < 4.78 is -0.262. The molecule has 0 radical (unpaired) electrons. The maximum absolute atomic E-state index is 4.65. The van der Waals surface area contributed by atoms with Crippen LogP contribution in [0.1, 0.15) is 12.8 Å². The number of thioether (sulfide) groups is 2. The summed E-state index contributed by atoms with van der Waals surface area (Å²) in [4.78, 5) is 0. The Morgan fingerprint density at radius 2 is 1.17 bits per heavy atom. The molecule has 2 heterocycles. The molecule has 0 aliphatic carbocycles. The van der Waals surface area contributed by atoms with Crippen LogP contribution in [0.2, 0.25) is 0 Å². The highest BCUT2D eigenvalue weighted by Crippen LogP contribution is 2.46. The predicted octanol–water partition coefficient (Wildman–Crippen LogP) is 4.49. The normalized spacial score (nSPS) is 27.3. The van der Waals surface area contributed by atoms with E-state index in [2.05, 4.69) is 50.5 Å². The third kappa shape index (κ3) is 7.71. The lowest BCUT2D eigenvalue weighted by Gasteiger charge is -2.24. The molecule has 18 heavy (non-hydrogen) atoms. The molecule has 0 nitrogen and oxygen atoms in total. The molecule has 0 aromatic rings. The summed E-state index contributed by atoms with van der Waals surface area (Å²) in [5.41, 5.74) is 0. The highest BCUT2D eigenvalue weighted by Gasteiger charge is 2.34. The summed E-state index contributed by atoms with van der Waals surface area (Å²) in [7, 11) is 3.71. The Morgan fingerprint density at radius 1 is 0.833 bits per heavy atom.